The molecule has 0 bridgehead atoms. The molecule has 0 unspecified atom stereocenters. The smallest absolute Gasteiger partial charge is 0.338 e. The Labute approximate surface area is 168 Å². The van der Waals surface area contributed by atoms with E-state index >= 15 is 0 Å². The minimum atomic E-state index is -1.18. The Balaban J connectivity index is 2.08. The molecule has 0 saturated carbocycles. The summed E-state index contributed by atoms with van der Waals surface area (Å²) < 4.78 is 8.91. The molecule has 0 amide bonds. The van der Waals surface area contributed by atoms with E-state index in [0.717, 1.165) is 27.0 Å². The number of hydrogen-bond acceptors (Lipinski definition) is 2. The zero-order valence-corrected chi connectivity index (χ0v) is 18.4. The van der Waals surface area contributed by atoms with Crippen molar-refractivity contribution in [3.63, 3.8) is 0 Å². The molecular formula is C21H24BrNO3Si. The van der Waals surface area contributed by atoms with E-state index in [1.54, 1.807) is 0 Å². The van der Waals surface area contributed by atoms with Crippen LogP contribution in [0.4, 0.5) is 0 Å². The zero-order chi connectivity index (χ0) is 19.6. The second-order valence-corrected chi connectivity index (χ2v) is 14.4. The molecule has 0 radical (unpaired) electrons. The normalized spacial score (nSPS) is 11.9. The number of nitrogens with zero attached hydrogens (tertiary/aromatic N) is 1. The van der Waals surface area contributed by atoms with E-state index in [1.807, 2.05) is 53.1 Å². The van der Waals surface area contributed by atoms with Crippen molar-refractivity contribution in [2.45, 2.75) is 32.4 Å². The zero-order valence-electron chi connectivity index (χ0n) is 15.8. The number of halogens is 1. The second kappa shape index (κ2) is 8.00. The second-order valence-electron chi connectivity index (χ2n) is 7.83. The molecule has 3 rings (SSSR count). The SMILES string of the molecule is C[Si](C)(C)CCOCn1c(-c2ccc(Br)cc2)c(C(=O)O)c2ccccc21. The Bertz CT molecular complexity index is 958. The van der Waals surface area contributed by atoms with Crippen molar-refractivity contribution in [2.24, 2.45) is 0 Å². The van der Waals surface area contributed by atoms with E-state index in [4.69, 9.17) is 4.74 Å². The summed E-state index contributed by atoms with van der Waals surface area (Å²) in [7, 11) is -1.18. The van der Waals surface area contributed by atoms with Crippen molar-refractivity contribution >= 4 is 40.9 Å². The van der Waals surface area contributed by atoms with E-state index in [9.17, 15) is 9.90 Å². The molecule has 0 aliphatic carbocycles. The number of carbonyl (C=O) groups is 1. The molecule has 6 heteroatoms. The fourth-order valence-corrected chi connectivity index (χ4v) is 4.12. The van der Waals surface area contributed by atoms with E-state index in [-0.39, 0.29) is 0 Å². The summed E-state index contributed by atoms with van der Waals surface area (Å²) in [6.45, 7) is 7.97. The summed E-state index contributed by atoms with van der Waals surface area (Å²) in [5.74, 6) is -0.926. The number of para-hydroxylation sites is 1. The lowest BCUT2D eigenvalue weighted by Gasteiger charge is -2.17. The van der Waals surface area contributed by atoms with Crippen LogP contribution in [-0.4, -0.2) is 30.3 Å². The summed E-state index contributed by atoms with van der Waals surface area (Å²) in [6, 6.07) is 16.4. The van der Waals surface area contributed by atoms with Gasteiger partial charge in [0, 0.05) is 24.5 Å². The molecule has 1 aromatic heterocycles. The summed E-state index contributed by atoms with van der Waals surface area (Å²) in [5.41, 5.74) is 2.74. The lowest BCUT2D eigenvalue weighted by molar-refractivity contribution is 0.0698. The number of fused-ring (bicyclic) bond motifs is 1. The Hall–Kier alpha value is -1.89. The van der Waals surface area contributed by atoms with E-state index in [1.165, 1.54) is 0 Å². The fraction of sp³-hybridized carbons (Fsp3) is 0.286. The lowest BCUT2D eigenvalue weighted by atomic mass is 10.1. The number of hydrogen-bond donors (Lipinski definition) is 1. The van der Waals surface area contributed by atoms with Gasteiger partial charge < -0.3 is 14.4 Å². The summed E-state index contributed by atoms with van der Waals surface area (Å²) in [6.07, 6.45) is 0. The average molecular weight is 446 g/mol. The quantitative estimate of drug-likeness (QED) is 0.353. The Morgan fingerprint density at radius 1 is 1.11 bits per heavy atom. The van der Waals surface area contributed by atoms with Crippen LogP contribution in [0.15, 0.2) is 53.0 Å². The number of aromatic nitrogens is 1. The maximum atomic E-state index is 12.1. The van der Waals surface area contributed by atoms with Crippen LogP contribution >= 0.6 is 15.9 Å². The van der Waals surface area contributed by atoms with Gasteiger partial charge in [-0.05, 0) is 29.8 Å². The van der Waals surface area contributed by atoms with Crippen molar-refractivity contribution < 1.29 is 14.6 Å². The van der Waals surface area contributed by atoms with Gasteiger partial charge in [-0.25, -0.2) is 4.79 Å². The van der Waals surface area contributed by atoms with Crippen LogP contribution in [0, 0.1) is 0 Å². The molecular weight excluding hydrogens is 422 g/mol. The third-order valence-electron chi connectivity index (χ3n) is 4.52. The largest absolute Gasteiger partial charge is 0.478 e. The highest BCUT2D eigenvalue weighted by molar-refractivity contribution is 9.10. The van der Waals surface area contributed by atoms with Crippen molar-refractivity contribution in [3.8, 4) is 11.3 Å². The molecule has 4 nitrogen and oxygen atoms in total. The fourth-order valence-electron chi connectivity index (χ4n) is 3.10. The van der Waals surface area contributed by atoms with Crippen LogP contribution in [0.1, 0.15) is 10.4 Å². The van der Waals surface area contributed by atoms with E-state index < -0.39 is 14.0 Å². The lowest BCUT2D eigenvalue weighted by Crippen LogP contribution is -2.22. The predicted octanol–water partition coefficient (Wildman–Crippen LogP) is 6.08. The van der Waals surface area contributed by atoms with Gasteiger partial charge in [0.25, 0.3) is 0 Å². The number of benzene rings is 2. The topological polar surface area (TPSA) is 51.5 Å². The van der Waals surface area contributed by atoms with Crippen LogP contribution in [0.3, 0.4) is 0 Å². The van der Waals surface area contributed by atoms with Crippen molar-refractivity contribution in [3.05, 3.63) is 58.6 Å². The Morgan fingerprint density at radius 2 is 1.78 bits per heavy atom. The minimum absolute atomic E-state index is 0.321. The number of ether oxygens (including phenoxy) is 1. The number of carboxylic acid groups (broad SMARTS) is 1. The average Bonchev–Trinajstić information content (AvgIpc) is 2.93. The summed E-state index contributed by atoms with van der Waals surface area (Å²) in [4.78, 5) is 12.1. The van der Waals surface area contributed by atoms with Gasteiger partial charge in [0.05, 0.1) is 16.8 Å². The molecule has 2 aromatic carbocycles. The predicted molar refractivity (Wildman–Crippen MR) is 116 cm³/mol. The standard InChI is InChI=1S/C21H24BrNO3Si/c1-27(2,3)13-12-26-14-23-18-7-5-4-6-17(18)19(21(24)25)20(23)15-8-10-16(22)11-9-15/h4-11H,12-14H2,1-3H3,(H,24,25). The molecule has 0 aliphatic heterocycles. The first-order chi connectivity index (χ1) is 12.8. The monoisotopic (exact) mass is 445 g/mol. The molecule has 0 atom stereocenters. The van der Waals surface area contributed by atoms with E-state index in [2.05, 4.69) is 35.6 Å². The molecule has 3 aromatic rings. The molecule has 0 aliphatic rings. The maximum absolute atomic E-state index is 12.1. The third-order valence-corrected chi connectivity index (χ3v) is 6.75. The van der Waals surface area contributed by atoms with Crippen LogP contribution < -0.4 is 0 Å². The molecule has 0 saturated heterocycles. The van der Waals surface area contributed by atoms with Gasteiger partial charge in [0.15, 0.2) is 0 Å². The van der Waals surface area contributed by atoms with Gasteiger partial charge >= 0.3 is 5.97 Å². The van der Waals surface area contributed by atoms with Gasteiger partial charge in [-0.3, -0.25) is 0 Å². The van der Waals surface area contributed by atoms with Gasteiger partial charge in [-0.2, -0.15) is 0 Å². The highest BCUT2D eigenvalue weighted by Gasteiger charge is 2.23. The van der Waals surface area contributed by atoms with Crippen molar-refractivity contribution in [1.29, 1.82) is 0 Å². The van der Waals surface area contributed by atoms with Crippen LogP contribution in [0.25, 0.3) is 22.2 Å². The van der Waals surface area contributed by atoms with Gasteiger partial charge in [0.2, 0.25) is 0 Å². The Morgan fingerprint density at radius 3 is 2.41 bits per heavy atom. The number of rotatable bonds is 7. The highest BCUT2D eigenvalue weighted by atomic mass is 79.9. The van der Waals surface area contributed by atoms with E-state index in [0.29, 0.717) is 24.6 Å². The highest BCUT2D eigenvalue weighted by Crippen LogP contribution is 2.34. The number of aromatic carboxylic acids is 1. The van der Waals surface area contributed by atoms with Crippen LogP contribution in [0.5, 0.6) is 0 Å². The first-order valence-electron chi connectivity index (χ1n) is 8.96. The summed E-state index contributed by atoms with van der Waals surface area (Å²) in [5, 5.41) is 10.6. The molecule has 142 valence electrons. The van der Waals surface area contributed by atoms with Crippen LogP contribution in [-0.2, 0) is 11.5 Å². The molecule has 1 N–H and O–H groups in total. The first-order valence-corrected chi connectivity index (χ1v) is 13.5. The van der Waals surface area contributed by atoms with Gasteiger partial charge in [-0.15, -0.1) is 0 Å². The molecule has 0 spiro atoms. The van der Waals surface area contributed by atoms with Crippen molar-refractivity contribution in [2.75, 3.05) is 6.61 Å². The molecule has 27 heavy (non-hydrogen) atoms. The molecule has 1 heterocycles. The third kappa shape index (κ3) is 4.51. The first kappa shape index (κ1) is 19.9. The molecule has 0 fully saturated rings. The van der Waals surface area contributed by atoms with Crippen molar-refractivity contribution in [1.82, 2.24) is 4.57 Å². The minimum Gasteiger partial charge on any atom is -0.478 e. The number of carboxylic acids is 1. The van der Waals surface area contributed by atoms with Gasteiger partial charge in [0.1, 0.15) is 6.73 Å². The Kier molecular flexibility index (Phi) is 5.88. The van der Waals surface area contributed by atoms with Crippen LogP contribution in [0.2, 0.25) is 25.7 Å². The van der Waals surface area contributed by atoms with Gasteiger partial charge in [-0.1, -0.05) is 65.9 Å². The summed E-state index contributed by atoms with van der Waals surface area (Å²) >= 11 is 3.44. The maximum Gasteiger partial charge on any atom is 0.338 e.